The molecule has 316 valence electrons. The van der Waals surface area contributed by atoms with Gasteiger partial charge in [-0.3, -0.25) is 0 Å². The zero-order chi connectivity index (χ0) is 44.1. The van der Waals surface area contributed by atoms with E-state index in [9.17, 15) is 0 Å². The number of aryl methyl sites for hydroxylation is 2. The SMILES string of the molecule is Cc1cccc(N(c2ccc(-c3cc4ccccc4c4ccccc34)cc2)c2ccccc2-c2c(C)ccc3c2C(C)(C)CCC3(C)C)c1-c1cccc2c1C(C)(C)CCC2(C)C. The van der Waals surface area contributed by atoms with Crippen LogP contribution in [0.25, 0.3) is 54.9 Å². The maximum Gasteiger partial charge on any atom is 0.0543 e. The van der Waals surface area contributed by atoms with Crippen molar-refractivity contribution >= 4 is 38.6 Å². The lowest BCUT2D eigenvalue weighted by atomic mass is 9.61. The molecule has 0 spiro atoms. The molecule has 0 aromatic heterocycles. The predicted molar refractivity (Wildman–Crippen MR) is 272 cm³/mol. The molecule has 8 aromatic rings. The first kappa shape index (κ1) is 41.1. The maximum absolute atomic E-state index is 2.60. The number of nitrogens with zero attached hydrogens (tertiary/aromatic N) is 1. The molecule has 0 fully saturated rings. The van der Waals surface area contributed by atoms with Crippen LogP contribution in [0.5, 0.6) is 0 Å². The molecule has 0 saturated carbocycles. The Labute approximate surface area is 376 Å². The lowest BCUT2D eigenvalue weighted by molar-refractivity contribution is 0.332. The monoisotopic (exact) mass is 821 g/mol. The largest absolute Gasteiger partial charge is 0.309 e. The van der Waals surface area contributed by atoms with Crippen molar-refractivity contribution in [3.8, 4) is 33.4 Å². The second-order valence-electron chi connectivity index (χ2n) is 21.5. The van der Waals surface area contributed by atoms with Crippen LogP contribution in [0.4, 0.5) is 17.1 Å². The summed E-state index contributed by atoms with van der Waals surface area (Å²) in [6.07, 6.45) is 4.69. The van der Waals surface area contributed by atoms with E-state index in [0.717, 1.165) is 18.5 Å². The number of fused-ring (bicyclic) bond motifs is 5. The minimum atomic E-state index is 0.0322. The fourth-order valence-electron chi connectivity index (χ4n) is 11.7. The fraction of sp³-hybridized carbons (Fsp3) is 0.290. The van der Waals surface area contributed by atoms with E-state index in [1.165, 1.54) is 113 Å². The van der Waals surface area contributed by atoms with E-state index in [1.807, 2.05) is 0 Å². The minimum Gasteiger partial charge on any atom is -0.309 e. The van der Waals surface area contributed by atoms with Crippen LogP contribution < -0.4 is 4.90 Å². The van der Waals surface area contributed by atoms with Crippen LogP contribution in [0.2, 0.25) is 0 Å². The Morgan fingerprint density at radius 1 is 0.381 bits per heavy atom. The van der Waals surface area contributed by atoms with Crippen LogP contribution in [0.1, 0.15) is 114 Å². The molecule has 0 amide bonds. The first-order valence-corrected chi connectivity index (χ1v) is 23.4. The summed E-state index contributed by atoms with van der Waals surface area (Å²) in [7, 11) is 0. The van der Waals surface area contributed by atoms with Crippen molar-refractivity contribution in [2.24, 2.45) is 0 Å². The molecule has 10 rings (SSSR count). The minimum absolute atomic E-state index is 0.0322. The van der Waals surface area contributed by atoms with Gasteiger partial charge >= 0.3 is 0 Å². The smallest absolute Gasteiger partial charge is 0.0543 e. The topological polar surface area (TPSA) is 3.24 Å². The maximum atomic E-state index is 2.60. The van der Waals surface area contributed by atoms with E-state index >= 15 is 0 Å². The van der Waals surface area contributed by atoms with Crippen molar-refractivity contribution in [2.75, 3.05) is 4.90 Å². The number of rotatable bonds is 6. The van der Waals surface area contributed by atoms with Gasteiger partial charge in [0, 0.05) is 16.8 Å². The van der Waals surface area contributed by atoms with Gasteiger partial charge in [-0.05, 0) is 169 Å². The highest BCUT2D eigenvalue weighted by molar-refractivity contribution is 6.13. The Bertz CT molecular complexity index is 3080. The summed E-state index contributed by atoms with van der Waals surface area (Å²) < 4.78 is 0. The molecule has 2 aliphatic rings. The quantitative estimate of drug-likeness (QED) is 0.151. The van der Waals surface area contributed by atoms with E-state index < -0.39 is 0 Å². The third kappa shape index (κ3) is 6.73. The zero-order valence-electron chi connectivity index (χ0n) is 39.2. The van der Waals surface area contributed by atoms with Gasteiger partial charge in [-0.1, -0.05) is 177 Å². The number of benzene rings is 8. The molecule has 2 aliphatic carbocycles. The molecule has 1 heteroatoms. The Morgan fingerprint density at radius 2 is 0.921 bits per heavy atom. The van der Waals surface area contributed by atoms with Gasteiger partial charge in [-0.25, -0.2) is 0 Å². The van der Waals surface area contributed by atoms with Gasteiger partial charge in [0.2, 0.25) is 0 Å². The van der Waals surface area contributed by atoms with E-state index in [-0.39, 0.29) is 21.7 Å². The van der Waals surface area contributed by atoms with Crippen molar-refractivity contribution in [3.05, 3.63) is 185 Å². The van der Waals surface area contributed by atoms with E-state index in [1.54, 1.807) is 0 Å². The van der Waals surface area contributed by atoms with Crippen molar-refractivity contribution in [3.63, 3.8) is 0 Å². The molecule has 0 aliphatic heterocycles. The zero-order valence-corrected chi connectivity index (χ0v) is 39.2. The summed E-state index contributed by atoms with van der Waals surface area (Å²) in [4.78, 5) is 2.60. The van der Waals surface area contributed by atoms with E-state index in [0.29, 0.717) is 0 Å². The summed E-state index contributed by atoms with van der Waals surface area (Å²) in [6.45, 7) is 24.3. The number of para-hydroxylation sites is 1. The highest BCUT2D eigenvalue weighted by Gasteiger charge is 2.41. The standard InChI is InChI=1S/C62H63N/c1-40-19-17-28-54(55(40)49-25-18-26-51-57(49)61(7,8)37-35-59(51,3)4)63(44-32-30-42(31-33-44)50-39-43-20-11-12-21-45(43)46-22-13-14-23-47(46)50)53-27-16-15-24-48(53)56-41(2)29-34-52-58(56)62(9,10)38-36-60(52,5)6/h11-34,39H,35-38H2,1-10H3. The highest BCUT2D eigenvalue weighted by Crippen LogP contribution is 2.55. The number of anilines is 3. The van der Waals surface area contributed by atoms with Crippen molar-refractivity contribution in [2.45, 2.75) is 117 Å². The normalized spacial score (nSPS) is 17.0. The van der Waals surface area contributed by atoms with Crippen LogP contribution in [0.15, 0.2) is 152 Å². The predicted octanol–water partition coefficient (Wildman–Crippen LogP) is 17.8. The third-order valence-electron chi connectivity index (χ3n) is 15.4. The fourth-order valence-corrected chi connectivity index (χ4v) is 11.7. The average molecular weight is 822 g/mol. The van der Waals surface area contributed by atoms with Gasteiger partial charge in [0.1, 0.15) is 0 Å². The van der Waals surface area contributed by atoms with Gasteiger partial charge in [0.15, 0.2) is 0 Å². The van der Waals surface area contributed by atoms with Crippen LogP contribution in [0.3, 0.4) is 0 Å². The van der Waals surface area contributed by atoms with Crippen molar-refractivity contribution < 1.29 is 0 Å². The van der Waals surface area contributed by atoms with Crippen molar-refractivity contribution in [1.82, 2.24) is 0 Å². The molecule has 63 heavy (non-hydrogen) atoms. The first-order chi connectivity index (χ1) is 30.1. The number of hydrogen-bond acceptors (Lipinski definition) is 1. The molecular formula is C62H63N. The van der Waals surface area contributed by atoms with Gasteiger partial charge in [0.25, 0.3) is 0 Å². The van der Waals surface area contributed by atoms with Crippen LogP contribution in [0, 0.1) is 13.8 Å². The molecule has 8 aromatic carbocycles. The average Bonchev–Trinajstić information content (AvgIpc) is 3.27. The molecule has 0 heterocycles. The summed E-state index contributed by atoms with van der Waals surface area (Å²) >= 11 is 0. The molecule has 0 saturated heterocycles. The second kappa shape index (κ2) is 14.8. The van der Waals surface area contributed by atoms with Gasteiger partial charge in [0.05, 0.1) is 11.4 Å². The summed E-state index contributed by atoms with van der Waals surface area (Å²) in [5.74, 6) is 0. The first-order valence-electron chi connectivity index (χ1n) is 23.4. The van der Waals surface area contributed by atoms with Gasteiger partial charge in [-0.2, -0.15) is 0 Å². The lowest BCUT2D eigenvalue weighted by Gasteiger charge is -2.44. The van der Waals surface area contributed by atoms with Crippen LogP contribution in [-0.2, 0) is 21.7 Å². The molecular weight excluding hydrogens is 759 g/mol. The van der Waals surface area contributed by atoms with Crippen molar-refractivity contribution in [1.29, 1.82) is 0 Å². The number of hydrogen-bond donors (Lipinski definition) is 0. The van der Waals surface area contributed by atoms with Gasteiger partial charge < -0.3 is 4.90 Å². The molecule has 0 atom stereocenters. The van der Waals surface area contributed by atoms with Crippen LogP contribution >= 0.6 is 0 Å². The Morgan fingerprint density at radius 3 is 1.65 bits per heavy atom. The molecule has 0 radical (unpaired) electrons. The molecule has 0 unspecified atom stereocenters. The highest BCUT2D eigenvalue weighted by atomic mass is 15.1. The Hall–Kier alpha value is -5.92. The Kier molecular flexibility index (Phi) is 9.68. The Balaban J connectivity index is 1.25. The van der Waals surface area contributed by atoms with Gasteiger partial charge in [-0.15, -0.1) is 0 Å². The lowest BCUT2D eigenvalue weighted by Crippen LogP contribution is -2.34. The third-order valence-corrected chi connectivity index (χ3v) is 15.4. The molecule has 0 N–H and O–H groups in total. The van der Waals surface area contributed by atoms with Crippen LogP contribution in [-0.4, -0.2) is 0 Å². The molecule has 1 nitrogen and oxygen atoms in total. The van der Waals surface area contributed by atoms with E-state index in [4.69, 9.17) is 0 Å². The molecule has 0 bridgehead atoms. The second-order valence-corrected chi connectivity index (χ2v) is 21.5. The summed E-state index contributed by atoms with van der Waals surface area (Å²) in [6, 6.07) is 57.7. The van der Waals surface area contributed by atoms with E-state index in [2.05, 4.69) is 226 Å². The summed E-state index contributed by atoms with van der Waals surface area (Å²) in [5.41, 5.74) is 20.3. The summed E-state index contributed by atoms with van der Waals surface area (Å²) in [5, 5.41) is 5.13.